The molecule has 116 valence electrons. The van der Waals surface area contributed by atoms with Crippen LogP contribution in [0.4, 0.5) is 0 Å². The van der Waals surface area contributed by atoms with E-state index in [9.17, 15) is 0 Å². The molecule has 1 atom stereocenters. The van der Waals surface area contributed by atoms with Gasteiger partial charge in [0.25, 0.3) is 0 Å². The molecule has 1 saturated carbocycles. The van der Waals surface area contributed by atoms with Crippen LogP contribution in [0.2, 0.25) is 0 Å². The minimum absolute atomic E-state index is 0.145. The predicted octanol–water partition coefficient (Wildman–Crippen LogP) is 3.79. The van der Waals surface area contributed by atoms with Gasteiger partial charge in [0.05, 0.1) is 10.3 Å². The van der Waals surface area contributed by atoms with E-state index in [4.69, 9.17) is 10.1 Å². The molecule has 3 aromatic rings. The minimum atomic E-state index is 0.145. The molecule has 23 heavy (non-hydrogen) atoms. The highest BCUT2D eigenvalue weighted by Gasteiger charge is 2.30. The predicted molar refractivity (Wildman–Crippen MR) is 89.6 cm³/mol. The molecule has 0 N–H and O–H groups in total. The van der Waals surface area contributed by atoms with Gasteiger partial charge in [-0.2, -0.15) is 4.68 Å². The van der Waals surface area contributed by atoms with Crippen molar-refractivity contribution in [2.75, 3.05) is 0 Å². The van der Waals surface area contributed by atoms with Gasteiger partial charge in [-0.3, -0.25) is 0 Å². The Morgan fingerprint density at radius 2 is 1.87 bits per heavy atom. The van der Waals surface area contributed by atoms with Gasteiger partial charge in [0.2, 0.25) is 0 Å². The largest absolute Gasteiger partial charge is 0.250 e. The van der Waals surface area contributed by atoms with E-state index >= 15 is 0 Å². The summed E-state index contributed by atoms with van der Waals surface area (Å²) in [5.41, 5.74) is 0. The van der Waals surface area contributed by atoms with Crippen LogP contribution in [-0.4, -0.2) is 24.7 Å². The average molecular weight is 323 g/mol. The van der Waals surface area contributed by atoms with Crippen LogP contribution >= 0.6 is 11.8 Å². The lowest BCUT2D eigenvalue weighted by Gasteiger charge is -2.11. The first-order valence-corrected chi connectivity index (χ1v) is 8.65. The zero-order chi connectivity index (χ0) is 15.6. The molecule has 3 aromatic heterocycles. The van der Waals surface area contributed by atoms with Crippen molar-refractivity contribution in [1.29, 1.82) is 0 Å². The van der Waals surface area contributed by atoms with Gasteiger partial charge < -0.3 is 0 Å². The van der Waals surface area contributed by atoms with E-state index in [0.717, 1.165) is 22.5 Å². The summed E-state index contributed by atoms with van der Waals surface area (Å²) in [5, 5.41) is 5.85. The van der Waals surface area contributed by atoms with Crippen molar-refractivity contribution < 1.29 is 0 Å². The Hall–Kier alpha value is -2.21. The van der Waals surface area contributed by atoms with Crippen LogP contribution in [0.5, 0.6) is 0 Å². The fraction of sp³-hybridized carbons (Fsp3) is 0.294. The third kappa shape index (κ3) is 3.12. The quantitative estimate of drug-likeness (QED) is 0.669. The smallest absolute Gasteiger partial charge is 0.155 e. The Labute approximate surface area is 139 Å². The highest BCUT2D eigenvalue weighted by atomic mass is 32.2. The Kier molecular flexibility index (Phi) is 3.83. The minimum Gasteiger partial charge on any atom is -0.250 e. The normalized spacial score (nSPS) is 15.5. The topological polar surface area (TPSA) is 56.5 Å². The van der Waals surface area contributed by atoms with Crippen LogP contribution in [0.1, 0.15) is 42.6 Å². The molecule has 0 aliphatic heterocycles. The number of rotatable bonds is 5. The first-order chi connectivity index (χ1) is 11.3. The molecular formula is C17H17N5S. The molecular weight excluding hydrogens is 306 g/mol. The number of nitrogens with zero attached hydrogens (tertiary/aromatic N) is 5. The second-order valence-corrected chi connectivity index (χ2v) is 6.99. The van der Waals surface area contributed by atoms with Crippen molar-refractivity contribution in [3.05, 3.63) is 60.4 Å². The van der Waals surface area contributed by atoms with Gasteiger partial charge in [0.1, 0.15) is 5.82 Å². The van der Waals surface area contributed by atoms with Crippen LogP contribution in [0.3, 0.4) is 0 Å². The summed E-state index contributed by atoms with van der Waals surface area (Å²) >= 11 is 1.69. The van der Waals surface area contributed by atoms with Crippen molar-refractivity contribution in [1.82, 2.24) is 24.7 Å². The highest BCUT2D eigenvalue weighted by molar-refractivity contribution is 7.99. The van der Waals surface area contributed by atoms with Gasteiger partial charge in [0, 0.05) is 18.3 Å². The average Bonchev–Trinajstić information content (AvgIpc) is 3.35. The van der Waals surface area contributed by atoms with Crippen LogP contribution in [-0.2, 0) is 0 Å². The molecule has 1 aliphatic carbocycles. The van der Waals surface area contributed by atoms with Gasteiger partial charge in [-0.15, -0.1) is 5.10 Å². The number of hydrogen-bond donors (Lipinski definition) is 0. The molecule has 1 aliphatic rings. The lowest BCUT2D eigenvalue weighted by molar-refractivity contribution is 0.762. The number of hydrogen-bond acceptors (Lipinski definition) is 5. The zero-order valence-electron chi connectivity index (χ0n) is 12.8. The summed E-state index contributed by atoms with van der Waals surface area (Å²) in [6, 6.07) is 11.8. The fourth-order valence-corrected chi connectivity index (χ4v) is 3.32. The van der Waals surface area contributed by atoms with E-state index in [0.29, 0.717) is 5.92 Å². The lowest BCUT2D eigenvalue weighted by atomic mass is 10.4. The molecule has 1 unspecified atom stereocenters. The summed E-state index contributed by atoms with van der Waals surface area (Å²) < 4.78 is 1.88. The monoisotopic (exact) mass is 323 g/mol. The third-order valence-corrected chi connectivity index (χ3v) is 4.80. The Morgan fingerprint density at radius 3 is 2.52 bits per heavy atom. The number of thioether (sulfide) groups is 1. The number of aromatic nitrogens is 5. The van der Waals surface area contributed by atoms with Crippen molar-refractivity contribution >= 4 is 11.8 Å². The summed E-state index contributed by atoms with van der Waals surface area (Å²) in [4.78, 5) is 13.6. The number of pyridine rings is 2. The van der Waals surface area contributed by atoms with Gasteiger partial charge >= 0.3 is 0 Å². The Bertz CT molecular complexity index is 783. The van der Waals surface area contributed by atoms with E-state index in [1.165, 1.54) is 12.8 Å². The van der Waals surface area contributed by atoms with E-state index < -0.39 is 0 Å². The van der Waals surface area contributed by atoms with Crippen molar-refractivity contribution in [3.8, 4) is 5.82 Å². The second kappa shape index (κ2) is 6.12. The maximum absolute atomic E-state index is 4.81. The second-order valence-electron chi connectivity index (χ2n) is 5.63. The lowest BCUT2D eigenvalue weighted by Crippen LogP contribution is -2.06. The Morgan fingerprint density at radius 1 is 1.09 bits per heavy atom. The van der Waals surface area contributed by atoms with Crippen LogP contribution in [0.25, 0.3) is 5.82 Å². The van der Waals surface area contributed by atoms with Gasteiger partial charge in [-0.25, -0.2) is 15.0 Å². The molecule has 0 radical (unpaired) electrons. The SMILES string of the molecule is CC(Sc1ccccn1)c1nc(C2CC2)nn1-c1ccccn1. The maximum Gasteiger partial charge on any atom is 0.155 e. The van der Waals surface area contributed by atoms with Crippen LogP contribution in [0.15, 0.2) is 53.8 Å². The molecule has 0 spiro atoms. The Balaban J connectivity index is 1.68. The van der Waals surface area contributed by atoms with E-state index in [1.807, 2.05) is 47.3 Å². The first kappa shape index (κ1) is 14.4. The molecule has 1 fully saturated rings. The maximum atomic E-state index is 4.81. The summed E-state index contributed by atoms with van der Waals surface area (Å²) in [6.45, 7) is 2.14. The van der Waals surface area contributed by atoms with Crippen molar-refractivity contribution in [2.45, 2.75) is 36.0 Å². The van der Waals surface area contributed by atoms with E-state index in [1.54, 1.807) is 18.0 Å². The molecule has 0 bridgehead atoms. The zero-order valence-corrected chi connectivity index (χ0v) is 13.6. The fourth-order valence-electron chi connectivity index (χ4n) is 2.42. The molecule has 0 amide bonds. The van der Waals surface area contributed by atoms with Gasteiger partial charge in [0.15, 0.2) is 11.6 Å². The van der Waals surface area contributed by atoms with Crippen molar-refractivity contribution in [3.63, 3.8) is 0 Å². The molecule has 4 rings (SSSR count). The summed E-state index contributed by atoms with van der Waals surface area (Å²) in [7, 11) is 0. The first-order valence-electron chi connectivity index (χ1n) is 7.77. The summed E-state index contributed by atoms with van der Waals surface area (Å²) in [6.07, 6.45) is 5.98. The van der Waals surface area contributed by atoms with Crippen LogP contribution < -0.4 is 0 Å². The van der Waals surface area contributed by atoms with Crippen LogP contribution in [0, 0.1) is 0 Å². The van der Waals surface area contributed by atoms with Gasteiger partial charge in [-0.05, 0) is 44.0 Å². The van der Waals surface area contributed by atoms with E-state index in [2.05, 4.69) is 16.9 Å². The third-order valence-electron chi connectivity index (χ3n) is 3.76. The highest BCUT2D eigenvalue weighted by Crippen LogP contribution is 2.40. The standard InChI is InChI=1S/C17H17N5S/c1-12(23-15-7-3-5-11-19-15)17-20-16(13-8-9-13)21-22(17)14-6-2-4-10-18-14/h2-7,10-13H,8-9H2,1H3. The summed E-state index contributed by atoms with van der Waals surface area (Å²) in [5.74, 6) is 3.21. The molecule has 0 saturated heterocycles. The van der Waals surface area contributed by atoms with E-state index in [-0.39, 0.29) is 5.25 Å². The molecule has 5 nitrogen and oxygen atoms in total. The molecule has 3 heterocycles. The van der Waals surface area contributed by atoms with Crippen molar-refractivity contribution in [2.24, 2.45) is 0 Å². The molecule has 6 heteroatoms. The van der Waals surface area contributed by atoms with Gasteiger partial charge in [-0.1, -0.05) is 23.9 Å². The molecule has 0 aromatic carbocycles.